The van der Waals surface area contributed by atoms with E-state index in [1.54, 1.807) is 7.11 Å². The minimum Gasteiger partial charge on any atom is -0.497 e. The second kappa shape index (κ2) is 6.63. The molecule has 0 heterocycles. The lowest BCUT2D eigenvalue weighted by Crippen LogP contribution is -2.18. The summed E-state index contributed by atoms with van der Waals surface area (Å²) >= 11 is 0. The van der Waals surface area contributed by atoms with E-state index in [-0.39, 0.29) is 0 Å². The molecule has 0 aliphatic carbocycles. The maximum atomic E-state index is 5.19. The van der Waals surface area contributed by atoms with Gasteiger partial charge >= 0.3 is 0 Å². The average Bonchev–Trinajstić information content (AvgIpc) is 2.59. The maximum absolute atomic E-state index is 5.19. The van der Waals surface area contributed by atoms with E-state index in [1.807, 2.05) is 12.1 Å². The van der Waals surface area contributed by atoms with Crippen LogP contribution in [0.3, 0.4) is 0 Å². The summed E-state index contributed by atoms with van der Waals surface area (Å²) in [5.74, 6) is 0.894. The van der Waals surface area contributed by atoms with Crippen molar-refractivity contribution in [3.05, 3.63) is 77.9 Å². The van der Waals surface area contributed by atoms with E-state index in [1.165, 1.54) is 21.9 Å². The second-order valence-electron chi connectivity index (χ2n) is 5.52. The quantitative estimate of drug-likeness (QED) is 0.735. The number of hydrogen-bond acceptors (Lipinski definition) is 2. The zero-order chi connectivity index (χ0) is 15.4. The first-order valence-electron chi connectivity index (χ1n) is 7.62. The molecule has 22 heavy (non-hydrogen) atoms. The molecule has 1 atom stereocenters. The molecule has 2 heteroatoms. The van der Waals surface area contributed by atoms with Crippen LogP contribution in [0.15, 0.2) is 66.7 Å². The molecule has 1 N–H and O–H groups in total. The van der Waals surface area contributed by atoms with E-state index in [0.29, 0.717) is 6.04 Å². The van der Waals surface area contributed by atoms with Crippen LogP contribution in [-0.2, 0) is 6.54 Å². The highest BCUT2D eigenvalue weighted by molar-refractivity contribution is 5.86. The van der Waals surface area contributed by atoms with Crippen LogP contribution < -0.4 is 10.1 Å². The molecule has 3 rings (SSSR count). The molecule has 2 nitrogen and oxygen atoms in total. The van der Waals surface area contributed by atoms with Crippen LogP contribution in [0, 0.1) is 0 Å². The Bertz CT molecular complexity index is 744. The van der Waals surface area contributed by atoms with Crippen molar-refractivity contribution in [2.75, 3.05) is 7.11 Å². The summed E-state index contributed by atoms with van der Waals surface area (Å²) in [6, 6.07) is 23.5. The topological polar surface area (TPSA) is 21.3 Å². The normalized spacial score (nSPS) is 12.3. The van der Waals surface area contributed by atoms with E-state index in [2.05, 4.69) is 66.8 Å². The van der Waals surface area contributed by atoms with Crippen molar-refractivity contribution in [3.8, 4) is 5.75 Å². The van der Waals surface area contributed by atoms with Crippen LogP contribution >= 0.6 is 0 Å². The molecule has 0 saturated heterocycles. The number of nitrogens with one attached hydrogen (secondary N) is 1. The number of hydrogen-bond donors (Lipinski definition) is 1. The zero-order valence-corrected chi connectivity index (χ0v) is 13.0. The maximum Gasteiger partial charge on any atom is 0.118 e. The van der Waals surface area contributed by atoms with Gasteiger partial charge in [0.05, 0.1) is 7.11 Å². The van der Waals surface area contributed by atoms with Crippen molar-refractivity contribution in [1.82, 2.24) is 5.32 Å². The molecule has 3 aromatic carbocycles. The highest BCUT2D eigenvalue weighted by atomic mass is 16.5. The van der Waals surface area contributed by atoms with Gasteiger partial charge in [-0.15, -0.1) is 0 Å². The lowest BCUT2D eigenvalue weighted by atomic mass is 9.99. The molecule has 0 saturated carbocycles. The van der Waals surface area contributed by atoms with Crippen molar-refractivity contribution in [2.45, 2.75) is 19.5 Å². The highest BCUT2D eigenvalue weighted by Crippen LogP contribution is 2.24. The summed E-state index contributed by atoms with van der Waals surface area (Å²) in [5.41, 5.74) is 2.60. The van der Waals surface area contributed by atoms with Crippen LogP contribution in [0.25, 0.3) is 10.8 Å². The first-order chi connectivity index (χ1) is 10.8. The van der Waals surface area contributed by atoms with Gasteiger partial charge in [-0.05, 0) is 41.0 Å². The summed E-state index contributed by atoms with van der Waals surface area (Å²) in [6.07, 6.45) is 0. The average molecular weight is 291 g/mol. The van der Waals surface area contributed by atoms with E-state index in [9.17, 15) is 0 Å². The predicted octanol–water partition coefficient (Wildman–Crippen LogP) is 4.70. The van der Waals surface area contributed by atoms with E-state index >= 15 is 0 Å². The standard InChI is InChI=1S/C20H21NO/c1-15(21-14-16-10-12-18(22-2)13-11-16)19-9-5-7-17-6-3-4-8-20(17)19/h3-13,15,21H,14H2,1-2H3. The van der Waals surface area contributed by atoms with Gasteiger partial charge in [0.1, 0.15) is 5.75 Å². The van der Waals surface area contributed by atoms with Gasteiger partial charge in [-0.2, -0.15) is 0 Å². The first-order valence-corrected chi connectivity index (χ1v) is 7.62. The molecular weight excluding hydrogens is 270 g/mol. The number of fused-ring (bicyclic) bond motifs is 1. The van der Waals surface area contributed by atoms with Gasteiger partial charge in [0.15, 0.2) is 0 Å². The fraction of sp³-hybridized carbons (Fsp3) is 0.200. The fourth-order valence-corrected chi connectivity index (χ4v) is 2.75. The summed E-state index contributed by atoms with van der Waals surface area (Å²) in [7, 11) is 1.69. The molecule has 0 fully saturated rings. The van der Waals surface area contributed by atoms with Gasteiger partial charge < -0.3 is 10.1 Å². The van der Waals surface area contributed by atoms with Crippen LogP contribution in [0.2, 0.25) is 0 Å². The van der Waals surface area contributed by atoms with E-state index in [0.717, 1.165) is 12.3 Å². The van der Waals surface area contributed by atoms with Crippen molar-refractivity contribution < 1.29 is 4.74 Å². The molecule has 0 spiro atoms. The Balaban J connectivity index is 1.74. The lowest BCUT2D eigenvalue weighted by Gasteiger charge is -2.17. The Morgan fingerprint density at radius 1 is 0.909 bits per heavy atom. The molecule has 1 unspecified atom stereocenters. The largest absolute Gasteiger partial charge is 0.497 e. The van der Waals surface area contributed by atoms with Gasteiger partial charge in [0, 0.05) is 12.6 Å². The Labute approximate surface area is 131 Å². The van der Waals surface area contributed by atoms with E-state index in [4.69, 9.17) is 4.74 Å². The van der Waals surface area contributed by atoms with Gasteiger partial charge in [-0.25, -0.2) is 0 Å². The SMILES string of the molecule is COc1ccc(CNC(C)c2cccc3ccccc23)cc1. The molecule has 0 bridgehead atoms. The Morgan fingerprint density at radius 2 is 1.64 bits per heavy atom. The van der Waals surface area contributed by atoms with Crippen molar-refractivity contribution in [3.63, 3.8) is 0 Å². The highest BCUT2D eigenvalue weighted by Gasteiger charge is 2.08. The van der Waals surface area contributed by atoms with Gasteiger partial charge in [0.25, 0.3) is 0 Å². The van der Waals surface area contributed by atoms with Gasteiger partial charge in [-0.1, -0.05) is 54.6 Å². The van der Waals surface area contributed by atoms with Crippen LogP contribution in [-0.4, -0.2) is 7.11 Å². The molecular formula is C20H21NO. The summed E-state index contributed by atoms with van der Waals surface area (Å²) in [6.45, 7) is 3.06. The number of rotatable bonds is 5. The summed E-state index contributed by atoms with van der Waals surface area (Å²) < 4.78 is 5.19. The van der Waals surface area contributed by atoms with E-state index < -0.39 is 0 Å². The Hall–Kier alpha value is -2.32. The molecule has 0 aliphatic heterocycles. The third-order valence-corrected chi connectivity index (χ3v) is 4.06. The Kier molecular flexibility index (Phi) is 4.40. The lowest BCUT2D eigenvalue weighted by molar-refractivity contribution is 0.414. The smallest absolute Gasteiger partial charge is 0.118 e. The molecule has 0 aliphatic rings. The van der Waals surface area contributed by atoms with Gasteiger partial charge in [-0.3, -0.25) is 0 Å². The monoisotopic (exact) mass is 291 g/mol. The minimum absolute atomic E-state index is 0.299. The van der Waals surface area contributed by atoms with Crippen molar-refractivity contribution in [1.29, 1.82) is 0 Å². The fourth-order valence-electron chi connectivity index (χ4n) is 2.75. The zero-order valence-electron chi connectivity index (χ0n) is 13.0. The molecule has 112 valence electrons. The first kappa shape index (κ1) is 14.6. The molecule has 3 aromatic rings. The second-order valence-corrected chi connectivity index (χ2v) is 5.52. The molecule has 0 aromatic heterocycles. The third-order valence-electron chi connectivity index (χ3n) is 4.06. The van der Waals surface area contributed by atoms with Crippen LogP contribution in [0.5, 0.6) is 5.75 Å². The Morgan fingerprint density at radius 3 is 2.41 bits per heavy atom. The number of ether oxygens (including phenoxy) is 1. The number of benzene rings is 3. The summed E-state index contributed by atoms with van der Waals surface area (Å²) in [5, 5.41) is 6.21. The summed E-state index contributed by atoms with van der Waals surface area (Å²) in [4.78, 5) is 0. The van der Waals surface area contributed by atoms with Crippen LogP contribution in [0.1, 0.15) is 24.1 Å². The molecule has 0 amide bonds. The van der Waals surface area contributed by atoms with Gasteiger partial charge in [0.2, 0.25) is 0 Å². The molecule has 0 radical (unpaired) electrons. The third kappa shape index (κ3) is 3.12. The van der Waals surface area contributed by atoms with Crippen molar-refractivity contribution in [2.24, 2.45) is 0 Å². The van der Waals surface area contributed by atoms with Crippen LogP contribution in [0.4, 0.5) is 0 Å². The predicted molar refractivity (Wildman–Crippen MR) is 92.2 cm³/mol. The van der Waals surface area contributed by atoms with Crippen molar-refractivity contribution >= 4 is 10.8 Å². The minimum atomic E-state index is 0.299. The number of methoxy groups -OCH3 is 1.